The molecule has 0 heterocycles. The summed E-state index contributed by atoms with van der Waals surface area (Å²) in [5.41, 5.74) is 13.7. The van der Waals surface area contributed by atoms with Crippen LogP contribution in [-0.4, -0.2) is 5.78 Å². The second-order valence-corrected chi connectivity index (χ2v) is 3.10. The largest absolute Gasteiger partial charge is 0.399 e. The Bertz CT molecular complexity index is 396. The normalized spacial score (nSPS) is 20.1. The minimum absolute atomic E-state index is 0.0712. The molecular weight excluding hydrogens is 164 g/mol. The zero-order valence-corrected chi connectivity index (χ0v) is 7.03. The molecule has 1 atom stereocenters. The lowest BCUT2D eigenvalue weighted by molar-refractivity contribution is -0.115. The van der Waals surface area contributed by atoms with Crippen molar-refractivity contribution in [1.29, 1.82) is 0 Å². The van der Waals surface area contributed by atoms with E-state index in [9.17, 15) is 4.79 Å². The Kier molecular flexibility index (Phi) is 1.67. The number of carbonyl (C=O) groups excluding carboxylic acids is 1. The summed E-state index contributed by atoms with van der Waals surface area (Å²) in [5.74, 6) is -0.0712. The van der Waals surface area contributed by atoms with E-state index >= 15 is 0 Å². The highest BCUT2D eigenvalue weighted by Gasteiger charge is 2.19. The van der Waals surface area contributed by atoms with Gasteiger partial charge in [-0.15, -0.1) is 0 Å². The summed E-state index contributed by atoms with van der Waals surface area (Å²) >= 11 is 0. The molecule has 0 amide bonds. The fourth-order valence-corrected chi connectivity index (χ4v) is 1.44. The molecule has 0 radical (unpaired) electrons. The number of nitrogen functional groups attached to an aromatic ring is 1. The van der Waals surface area contributed by atoms with Crippen LogP contribution in [0.3, 0.4) is 0 Å². The van der Waals surface area contributed by atoms with Crippen LogP contribution < -0.4 is 11.5 Å². The number of benzene rings is 1. The summed E-state index contributed by atoms with van der Waals surface area (Å²) in [6.45, 7) is 0. The van der Waals surface area contributed by atoms with E-state index in [0.717, 1.165) is 11.1 Å². The molecule has 1 aromatic rings. The average Bonchev–Trinajstić information content (AvgIpc) is 2.12. The third-order valence-corrected chi connectivity index (χ3v) is 2.18. The number of ketones is 1. The highest BCUT2D eigenvalue weighted by molar-refractivity contribution is 6.01. The van der Waals surface area contributed by atoms with Gasteiger partial charge in [0.15, 0.2) is 5.78 Å². The quantitative estimate of drug-likeness (QED) is 0.573. The molecule has 0 saturated heterocycles. The van der Waals surface area contributed by atoms with Crippen molar-refractivity contribution in [2.45, 2.75) is 6.04 Å². The number of hydrogen-bond acceptors (Lipinski definition) is 3. The molecule has 0 aromatic heterocycles. The summed E-state index contributed by atoms with van der Waals surface area (Å²) in [4.78, 5) is 11.2. The summed E-state index contributed by atoms with van der Waals surface area (Å²) < 4.78 is 0. The van der Waals surface area contributed by atoms with Gasteiger partial charge in [-0.25, -0.2) is 0 Å². The molecule has 1 aromatic carbocycles. The predicted molar refractivity (Wildman–Crippen MR) is 51.8 cm³/mol. The molecule has 1 aliphatic rings. The highest BCUT2D eigenvalue weighted by Crippen LogP contribution is 2.25. The highest BCUT2D eigenvalue weighted by atomic mass is 16.1. The summed E-state index contributed by atoms with van der Waals surface area (Å²) in [6, 6.07) is 4.86. The van der Waals surface area contributed by atoms with E-state index in [0.29, 0.717) is 5.69 Å². The molecule has 0 spiro atoms. The van der Waals surface area contributed by atoms with Crippen molar-refractivity contribution < 1.29 is 4.79 Å². The SMILES string of the molecule is Nc1ccc2c(c1)[C@H](N)C(=O)C=C2. The van der Waals surface area contributed by atoms with Crippen LogP contribution in [0.25, 0.3) is 6.08 Å². The Morgan fingerprint density at radius 3 is 2.77 bits per heavy atom. The van der Waals surface area contributed by atoms with Gasteiger partial charge in [-0.2, -0.15) is 0 Å². The molecule has 3 heteroatoms. The molecule has 13 heavy (non-hydrogen) atoms. The van der Waals surface area contributed by atoms with Crippen molar-refractivity contribution in [3.63, 3.8) is 0 Å². The Hall–Kier alpha value is -1.61. The van der Waals surface area contributed by atoms with E-state index in [4.69, 9.17) is 11.5 Å². The third-order valence-electron chi connectivity index (χ3n) is 2.18. The van der Waals surface area contributed by atoms with Gasteiger partial charge in [0.05, 0.1) is 6.04 Å². The van der Waals surface area contributed by atoms with Gasteiger partial charge in [-0.1, -0.05) is 12.1 Å². The first-order valence-electron chi connectivity index (χ1n) is 4.05. The number of carbonyl (C=O) groups is 1. The van der Waals surface area contributed by atoms with E-state index in [1.807, 2.05) is 6.07 Å². The molecule has 0 saturated carbocycles. The van der Waals surface area contributed by atoms with Gasteiger partial charge in [0.2, 0.25) is 0 Å². The van der Waals surface area contributed by atoms with Crippen molar-refractivity contribution in [1.82, 2.24) is 0 Å². The number of anilines is 1. The van der Waals surface area contributed by atoms with Gasteiger partial charge >= 0.3 is 0 Å². The van der Waals surface area contributed by atoms with E-state index < -0.39 is 6.04 Å². The number of hydrogen-bond donors (Lipinski definition) is 2. The van der Waals surface area contributed by atoms with Crippen LogP contribution in [0.1, 0.15) is 17.2 Å². The average molecular weight is 174 g/mol. The molecule has 0 aliphatic heterocycles. The predicted octanol–water partition coefficient (Wildman–Crippen LogP) is 0.865. The van der Waals surface area contributed by atoms with Crippen LogP contribution in [0.4, 0.5) is 5.69 Å². The van der Waals surface area contributed by atoms with Gasteiger partial charge in [-0.05, 0) is 29.3 Å². The Morgan fingerprint density at radius 1 is 1.23 bits per heavy atom. The van der Waals surface area contributed by atoms with E-state index in [2.05, 4.69) is 0 Å². The van der Waals surface area contributed by atoms with Crippen molar-refractivity contribution >= 4 is 17.5 Å². The number of nitrogens with two attached hydrogens (primary N) is 2. The van der Waals surface area contributed by atoms with Gasteiger partial charge < -0.3 is 11.5 Å². The third kappa shape index (κ3) is 1.23. The molecule has 2 rings (SSSR count). The standard InChI is InChI=1S/C10H10N2O/c11-7-3-1-6-2-4-9(13)10(12)8(6)5-7/h1-5,10H,11-12H2/t10-/m0/s1. The first kappa shape index (κ1) is 8.01. The molecule has 1 aliphatic carbocycles. The summed E-state index contributed by atoms with van der Waals surface area (Å²) in [6.07, 6.45) is 3.27. The zero-order valence-electron chi connectivity index (χ0n) is 7.03. The first-order valence-corrected chi connectivity index (χ1v) is 4.05. The second-order valence-electron chi connectivity index (χ2n) is 3.10. The van der Waals surface area contributed by atoms with Crippen molar-refractivity contribution in [3.05, 3.63) is 35.4 Å². The Labute approximate surface area is 76.0 Å². The minimum atomic E-state index is -0.552. The smallest absolute Gasteiger partial charge is 0.176 e. The molecule has 0 fully saturated rings. The van der Waals surface area contributed by atoms with Gasteiger partial charge in [0.1, 0.15) is 0 Å². The molecule has 66 valence electrons. The number of rotatable bonds is 0. The summed E-state index contributed by atoms with van der Waals surface area (Å²) in [7, 11) is 0. The first-order chi connectivity index (χ1) is 6.18. The monoisotopic (exact) mass is 174 g/mol. The lowest BCUT2D eigenvalue weighted by atomic mass is 9.92. The topological polar surface area (TPSA) is 69.1 Å². The van der Waals surface area contributed by atoms with Crippen LogP contribution in [0, 0.1) is 0 Å². The maximum Gasteiger partial charge on any atom is 0.176 e. The maximum absolute atomic E-state index is 11.2. The fourth-order valence-electron chi connectivity index (χ4n) is 1.44. The maximum atomic E-state index is 11.2. The Balaban J connectivity index is 2.60. The van der Waals surface area contributed by atoms with Gasteiger partial charge in [0, 0.05) is 5.69 Å². The molecular formula is C10H10N2O. The van der Waals surface area contributed by atoms with E-state index in [1.165, 1.54) is 6.08 Å². The zero-order chi connectivity index (χ0) is 9.42. The molecule has 0 unspecified atom stereocenters. The van der Waals surface area contributed by atoms with E-state index in [-0.39, 0.29) is 5.78 Å². The van der Waals surface area contributed by atoms with Gasteiger partial charge in [0.25, 0.3) is 0 Å². The second kappa shape index (κ2) is 2.71. The Morgan fingerprint density at radius 2 is 2.00 bits per heavy atom. The fraction of sp³-hybridized carbons (Fsp3) is 0.100. The minimum Gasteiger partial charge on any atom is -0.399 e. The van der Waals surface area contributed by atoms with Crippen LogP contribution in [0.2, 0.25) is 0 Å². The van der Waals surface area contributed by atoms with Crippen molar-refractivity contribution in [3.8, 4) is 0 Å². The number of fused-ring (bicyclic) bond motifs is 1. The van der Waals surface area contributed by atoms with Crippen molar-refractivity contribution in [2.75, 3.05) is 5.73 Å². The van der Waals surface area contributed by atoms with Crippen LogP contribution >= 0.6 is 0 Å². The molecule has 3 nitrogen and oxygen atoms in total. The summed E-state index contributed by atoms with van der Waals surface area (Å²) in [5, 5.41) is 0. The van der Waals surface area contributed by atoms with Crippen molar-refractivity contribution in [2.24, 2.45) is 5.73 Å². The molecule has 4 N–H and O–H groups in total. The van der Waals surface area contributed by atoms with E-state index in [1.54, 1.807) is 18.2 Å². The van der Waals surface area contributed by atoms with Crippen LogP contribution in [0.15, 0.2) is 24.3 Å². The van der Waals surface area contributed by atoms with Crippen LogP contribution in [-0.2, 0) is 4.79 Å². The molecule has 0 bridgehead atoms. The van der Waals surface area contributed by atoms with Gasteiger partial charge in [-0.3, -0.25) is 4.79 Å². The van der Waals surface area contributed by atoms with Crippen LogP contribution in [0.5, 0.6) is 0 Å². The lowest BCUT2D eigenvalue weighted by Crippen LogP contribution is -2.22. The lowest BCUT2D eigenvalue weighted by Gasteiger charge is -2.16.